The Hall–Kier alpha value is -2.07. The molecule has 1 fully saturated rings. The maximum absolute atomic E-state index is 14.4. The number of carbonyl (C=O) groups is 1. The summed E-state index contributed by atoms with van der Waals surface area (Å²) in [6.45, 7) is 0.385. The number of benzene rings is 2. The first kappa shape index (κ1) is 24.6. The summed E-state index contributed by atoms with van der Waals surface area (Å²) in [5.74, 6) is -1.86. The zero-order valence-electron chi connectivity index (χ0n) is 17.9. The van der Waals surface area contributed by atoms with E-state index in [0.29, 0.717) is 18.4 Å². The molecule has 0 bridgehead atoms. The minimum Gasteiger partial charge on any atom is -0.354 e. The molecule has 1 N–H and O–H groups in total. The highest BCUT2D eigenvalue weighted by Gasteiger charge is 2.33. The van der Waals surface area contributed by atoms with Gasteiger partial charge < -0.3 is 10.2 Å². The van der Waals surface area contributed by atoms with Crippen molar-refractivity contribution in [1.29, 1.82) is 0 Å². The second kappa shape index (κ2) is 10.2. The Balaban J connectivity index is 1.61. The molecule has 174 valence electrons. The van der Waals surface area contributed by atoms with Crippen molar-refractivity contribution in [3.05, 3.63) is 64.7 Å². The third-order valence-electron chi connectivity index (χ3n) is 5.71. The van der Waals surface area contributed by atoms with Gasteiger partial charge in [0.05, 0.1) is 6.04 Å². The van der Waals surface area contributed by atoms with Gasteiger partial charge in [-0.15, -0.1) is 0 Å². The molecule has 0 aromatic heterocycles. The van der Waals surface area contributed by atoms with Gasteiger partial charge in [0.1, 0.15) is 16.5 Å². The number of halogens is 3. The highest BCUT2D eigenvalue weighted by molar-refractivity contribution is 7.89. The van der Waals surface area contributed by atoms with Crippen molar-refractivity contribution < 1.29 is 22.0 Å². The molecule has 1 aliphatic heterocycles. The summed E-state index contributed by atoms with van der Waals surface area (Å²) < 4.78 is 55.0. The number of nitrogens with zero attached hydrogens (tertiary/aromatic N) is 2. The molecule has 32 heavy (non-hydrogen) atoms. The van der Waals surface area contributed by atoms with E-state index in [1.807, 2.05) is 0 Å². The SMILES string of the molecule is CN(C)C(CNC(=O)C1CCN(S(=O)(=O)c2ccccc2F)CC1)c1c(F)cccc1Cl. The van der Waals surface area contributed by atoms with Crippen LogP contribution in [0.3, 0.4) is 0 Å². The molecule has 1 heterocycles. The van der Waals surface area contributed by atoms with Crippen molar-refractivity contribution in [3.8, 4) is 0 Å². The Morgan fingerprint density at radius 3 is 2.34 bits per heavy atom. The molecule has 2 aromatic carbocycles. The summed E-state index contributed by atoms with van der Waals surface area (Å²) >= 11 is 6.18. The van der Waals surface area contributed by atoms with E-state index in [-0.39, 0.29) is 41.4 Å². The van der Waals surface area contributed by atoms with Crippen molar-refractivity contribution in [3.63, 3.8) is 0 Å². The standard InChI is InChI=1S/C22H26ClF2N3O3S/c1-27(2)19(21-16(23)6-5-8-18(21)25)14-26-22(29)15-10-12-28(13-11-15)32(30,31)20-9-4-3-7-17(20)24/h3-9,15,19H,10-14H2,1-2H3,(H,26,29). The van der Waals surface area contributed by atoms with Gasteiger partial charge in [0.2, 0.25) is 15.9 Å². The number of piperidine rings is 1. The fourth-order valence-electron chi connectivity index (χ4n) is 3.86. The molecule has 2 aromatic rings. The van der Waals surface area contributed by atoms with E-state index in [1.54, 1.807) is 25.1 Å². The molecule has 0 saturated carbocycles. The van der Waals surface area contributed by atoms with E-state index < -0.39 is 27.7 Å². The predicted molar refractivity (Wildman–Crippen MR) is 119 cm³/mol. The van der Waals surface area contributed by atoms with Crippen LogP contribution < -0.4 is 5.32 Å². The second-order valence-corrected chi connectivity index (χ2v) is 10.3. The Morgan fingerprint density at radius 2 is 1.75 bits per heavy atom. The summed E-state index contributed by atoms with van der Waals surface area (Å²) in [7, 11) is -0.422. The van der Waals surface area contributed by atoms with Crippen LogP contribution in [0.15, 0.2) is 47.4 Å². The van der Waals surface area contributed by atoms with E-state index in [9.17, 15) is 22.0 Å². The van der Waals surface area contributed by atoms with Crippen LogP contribution in [0.25, 0.3) is 0 Å². The zero-order valence-corrected chi connectivity index (χ0v) is 19.5. The molecular weight excluding hydrogens is 460 g/mol. The van der Waals surface area contributed by atoms with Crippen LogP contribution in [0.5, 0.6) is 0 Å². The first-order valence-corrected chi connectivity index (χ1v) is 12.1. The smallest absolute Gasteiger partial charge is 0.245 e. The van der Waals surface area contributed by atoms with Crippen LogP contribution in [0, 0.1) is 17.6 Å². The minimum absolute atomic E-state index is 0.116. The minimum atomic E-state index is -3.96. The fourth-order valence-corrected chi connectivity index (χ4v) is 5.69. The topological polar surface area (TPSA) is 69.7 Å². The molecule has 0 spiro atoms. The monoisotopic (exact) mass is 485 g/mol. The largest absolute Gasteiger partial charge is 0.354 e. The van der Waals surface area contributed by atoms with E-state index >= 15 is 0 Å². The van der Waals surface area contributed by atoms with Gasteiger partial charge in [-0.05, 0) is 51.2 Å². The molecule has 1 atom stereocenters. The van der Waals surface area contributed by atoms with Crippen molar-refractivity contribution in [2.75, 3.05) is 33.7 Å². The highest BCUT2D eigenvalue weighted by atomic mass is 35.5. The number of likely N-dealkylation sites (N-methyl/N-ethyl adjacent to an activating group) is 1. The average molecular weight is 486 g/mol. The maximum Gasteiger partial charge on any atom is 0.245 e. The van der Waals surface area contributed by atoms with Crippen LogP contribution in [0.2, 0.25) is 5.02 Å². The van der Waals surface area contributed by atoms with Gasteiger partial charge in [0.15, 0.2) is 0 Å². The van der Waals surface area contributed by atoms with E-state index in [0.717, 1.165) is 6.07 Å². The summed E-state index contributed by atoms with van der Waals surface area (Å²) in [6.07, 6.45) is 0.624. The van der Waals surface area contributed by atoms with Gasteiger partial charge in [-0.25, -0.2) is 17.2 Å². The van der Waals surface area contributed by atoms with Gasteiger partial charge in [-0.2, -0.15) is 4.31 Å². The molecular formula is C22H26ClF2N3O3S. The number of rotatable bonds is 7. The van der Waals surface area contributed by atoms with Crippen molar-refractivity contribution in [2.24, 2.45) is 5.92 Å². The van der Waals surface area contributed by atoms with Crippen LogP contribution in [-0.4, -0.2) is 57.3 Å². The van der Waals surface area contributed by atoms with Gasteiger partial charge in [0, 0.05) is 36.1 Å². The van der Waals surface area contributed by atoms with Crippen LogP contribution in [-0.2, 0) is 14.8 Å². The number of hydrogen-bond donors (Lipinski definition) is 1. The number of carbonyl (C=O) groups excluding carboxylic acids is 1. The van der Waals surface area contributed by atoms with Crippen LogP contribution in [0.1, 0.15) is 24.4 Å². The number of nitrogens with one attached hydrogen (secondary N) is 1. The van der Waals surface area contributed by atoms with E-state index in [1.165, 1.54) is 34.6 Å². The lowest BCUT2D eigenvalue weighted by atomic mass is 9.97. The Bertz CT molecular complexity index is 1050. The molecule has 1 saturated heterocycles. The van der Waals surface area contributed by atoms with Crippen molar-refractivity contribution >= 4 is 27.5 Å². The average Bonchev–Trinajstić information content (AvgIpc) is 2.75. The third kappa shape index (κ3) is 5.28. The normalized spacial score (nSPS) is 16.8. The third-order valence-corrected chi connectivity index (χ3v) is 7.97. The summed E-state index contributed by atoms with van der Waals surface area (Å²) in [5, 5.41) is 3.13. The molecule has 1 aliphatic rings. The Kier molecular flexibility index (Phi) is 7.87. The summed E-state index contributed by atoms with van der Waals surface area (Å²) in [5.41, 5.74) is 0.310. The molecule has 10 heteroatoms. The zero-order chi connectivity index (χ0) is 23.5. The van der Waals surface area contributed by atoms with Crippen LogP contribution >= 0.6 is 11.6 Å². The lowest BCUT2D eigenvalue weighted by Crippen LogP contribution is -2.44. The van der Waals surface area contributed by atoms with E-state index in [2.05, 4.69) is 5.32 Å². The summed E-state index contributed by atoms with van der Waals surface area (Å²) in [4.78, 5) is 14.1. The maximum atomic E-state index is 14.4. The molecule has 6 nitrogen and oxygen atoms in total. The molecule has 3 rings (SSSR count). The Labute approximate surface area is 192 Å². The molecule has 0 aliphatic carbocycles. The molecule has 1 amide bonds. The van der Waals surface area contributed by atoms with E-state index in [4.69, 9.17) is 11.6 Å². The van der Waals surface area contributed by atoms with Crippen molar-refractivity contribution in [2.45, 2.75) is 23.8 Å². The highest BCUT2D eigenvalue weighted by Crippen LogP contribution is 2.29. The first-order valence-electron chi connectivity index (χ1n) is 10.3. The van der Waals surface area contributed by atoms with Gasteiger partial charge in [-0.3, -0.25) is 4.79 Å². The van der Waals surface area contributed by atoms with Crippen LogP contribution in [0.4, 0.5) is 8.78 Å². The summed E-state index contributed by atoms with van der Waals surface area (Å²) in [6, 6.07) is 9.23. The van der Waals surface area contributed by atoms with Crippen molar-refractivity contribution in [1.82, 2.24) is 14.5 Å². The predicted octanol–water partition coefficient (Wildman–Crippen LogP) is 3.44. The van der Waals surface area contributed by atoms with Gasteiger partial charge in [0.25, 0.3) is 0 Å². The second-order valence-electron chi connectivity index (χ2n) is 7.97. The van der Waals surface area contributed by atoms with Gasteiger partial charge >= 0.3 is 0 Å². The lowest BCUT2D eigenvalue weighted by Gasteiger charge is -2.31. The Morgan fingerprint density at radius 1 is 1.12 bits per heavy atom. The fraction of sp³-hybridized carbons (Fsp3) is 0.409. The number of sulfonamides is 1. The first-order chi connectivity index (χ1) is 15.1. The van der Waals surface area contributed by atoms with Gasteiger partial charge in [-0.1, -0.05) is 29.8 Å². The number of hydrogen-bond acceptors (Lipinski definition) is 4. The quantitative estimate of drug-likeness (QED) is 0.652. The molecule has 1 unspecified atom stereocenters. The lowest BCUT2D eigenvalue weighted by molar-refractivity contribution is -0.126. The number of amides is 1. The molecule has 0 radical (unpaired) electrons.